The number of nitrogens with one attached hydrogen (secondary N) is 1. The molecule has 1 amide bonds. The van der Waals surface area contributed by atoms with Crippen molar-refractivity contribution in [3.63, 3.8) is 0 Å². The summed E-state index contributed by atoms with van der Waals surface area (Å²) in [6.45, 7) is 9.29. The van der Waals surface area contributed by atoms with Crippen LogP contribution in [0.5, 0.6) is 0 Å². The second-order valence-electron chi connectivity index (χ2n) is 7.66. The Morgan fingerprint density at radius 1 is 1.28 bits per heavy atom. The molecule has 1 fully saturated rings. The highest BCUT2D eigenvalue weighted by atomic mass is 35.5. The van der Waals surface area contributed by atoms with Crippen LogP contribution in [0.25, 0.3) is 0 Å². The standard InChI is InChI=1S/C17H32N2O5.ClH/c1-6-9(7-2)13(18)12-11(8-10(14(12)20)15(21)22)19-16(23)24-17(3,4)5;/h9-14,20H,6-8,18H2,1-5H3,(H,19,23)(H,21,22);1H/t10-,11+,12-,13-,14+;/m0./s1. The lowest BCUT2D eigenvalue weighted by molar-refractivity contribution is -0.145. The van der Waals surface area contributed by atoms with Crippen LogP contribution in [0.15, 0.2) is 0 Å². The van der Waals surface area contributed by atoms with Gasteiger partial charge in [-0.15, -0.1) is 12.4 Å². The van der Waals surface area contributed by atoms with Gasteiger partial charge in [0, 0.05) is 18.0 Å². The number of nitrogens with two attached hydrogens (primary N) is 1. The molecule has 1 rings (SSSR count). The molecule has 1 saturated carbocycles. The molecule has 0 heterocycles. The van der Waals surface area contributed by atoms with Crippen LogP contribution in [-0.2, 0) is 9.53 Å². The first-order valence-corrected chi connectivity index (χ1v) is 8.67. The largest absolute Gasteiger partial charge is 0.481 e. The van der Waals surface area contributed by atoms with Crippen LogP contribution in [0.3, 0.4) is 0 Å². The number of rotatable bonds is 6. The Bertz CT molecular complexity index is 451. The number of hydrogen-bond acceptors (Lipinski definition) is 5. The van der Waals surface area contributed by atoms with E-state index in [9.17, 15) is 19.8 Å². The fourth-order valence-electron chi connectivity index (χ4n) is 3.58. The summed E-state index contributed by atoms with van der Waals surface area (Å²) >= 11 is 0. The lowest BCUT2D eigenvalue weighted by atomic mass is 9.81. The number of amides is 1. The third-order valence-corrected chi connectivity index (χ3v) is 4.84. The van der Waals surface area contributed by atoms with Crippen LogP contribution in [0.1, 0.15) is 53.9 Å². The van der Waals surface area contributed by atoms with E-state index < -0.39 is 41.6 Å². The van der Waals surface area contributed by atoms with Gasteiger partial charge >= 0.3 is 12.1 Å². The quantitative estimate of drug-likeness (QED) is 0.560. The highest BCUT2D eigenvalue weighted by molar-refractivity contribution is 5.85. The zero-order valence-corrected chi connectivity index (χ0v) is 16.5. The van der Waals surface area contributed by atoms with Crippen LogP contribution in [0, 0.1) is 17.8 Å². The van der Waals surface area contributed by atoms with E-state index in [1.807, 2.05) is 13.8 Å². The minimum atomic E-state index is -1.09. The summed E-state index contributed by atoms with van der Waals surface area (Å²) in [7, 11) is 0. The van der Waals surface area contributed by atoms with Crippen LogP contribution in [0.2, 0.25) is 0 Å². The molecule has 0 bridgehead atoms. The number of carbonyl (C=O) groups is 2. The van der Waals surface area contributed by atoms with Crippen LogP contribution < -0.4 is 11.1 Å². The van der Waals surface area contributed by atoms with Crippen LogP contribution >= 0.6 is 12.4 Å². The highest BCUT2D eigenvalue weighted by Gasteiger charge is 2.50. The van der Waals surface area contributed by atoms with Gasteiger partial charge in [0.1, 0.15) is 5.60 Å². The van der Waals surface area contributed by atoms with Gasteiger partial charge in [-0.1, -0.05) is 26.7 Å². The molecule has 148 valence electrons. The molecule has 0 aliphatic heterocycles. The fourth-order valence-corrected chi connectivity index (χ4v) is 3.58. The molecule has 5 atom stereocenters. The van der Waals surface area contributed by atoms with Crippen molar-refractivity contribution in [1.82, 2.24) is 5.32 Å². The predicted octanol–water partition coefficient (Wildman–Crippen LogP) is 2.15. The smallest absolute Gasteiger partial charge is 0.407 e. The maximum atomic E-state index is 12.1. The first-order chi connectivity index (χ1) is 11.0. The molecule has 0 spiro atoms. The molecule has 1 aliphatic rings. The van der Waals surface area contributed by atoms with Gasteiger partial charge in [-0.3, -0.25) is 4.79 Å². The van der Waals surface area contributed by atoms with Crippen molar-refractivity contribution < 1.29 is 24.5 Å². The topological polar surface area (TPSA) is 122 Å². The normalized spacial score (nSPS) is 27.5. The summed E-state index contributed by atoms with van der Waals surface area (Å²) in [6, 6.07) is -0.911. The fraction of sp³-hybridized carbons (Fsp3) is 0.882. The van der Waals surface area contributed by atoms with E-state index in [1.165, 1.54) is 0 Å². The molecule has 0 unspecified atom stereocenters. The second-order valence-corrected chi connectivity index (χ2v) is 7.66. The minimum Gasteiger partial charge on any atom is -0.481 e. The van der Waals surface area contributed by atoms with Crippen molar-refractivity contribution in [1.29, 1.82) is 0 Å². The molecule has 0 aromatic heterocycles. The van der Waals surface area contributed by atoms with Gasteiger partial charge < -0.3 is 26.0 Å². The first-order valence-electron chi connectivity index (χ1n) is 8.67. The second kappa shape index (κ2) is 9.59. The third kappa shape index (κ3) is 6.31. The van der Waals surface area contributed by atoms with Crippen molar-refractivity contribution in [2.24, 2.45) is 23.5 Å². The number of alkyl carbamates (subject to hydrolysis) is 1. The van der Waals surface area contributed by atoms with Gasteiger partial charge in [-0.05, 0) is 33.1 Å². The summed E-state index contributed by atoms with van der Waals surface area (Å²) < 4.78 is 5.25. The molecule has 25 heavy (non-hydrogen) atoms. The van der Waals surface area contributed by atoms with Crippen molar-refractivity contribution in [3.05, 3.63) is 0 Å². The summed E-state index contributed by atoms with van der Waals surface area (Å²) in [5, 5.41) is 22.5. The third-order valence-electron chi connectivity index (χ3n) is 4.84. The number of hydrogen-bond donors (Lipinski definition) is 4. The molecule has 0 aromatic rings. The Balaban J connectivity index is 0.00000576. The average molecular weight is 381 g/mol. The molecular weight excluding hydrogens is 348 g/mol. The van der Waals surface area contributed by atoms with Crippen molar-refractivity contribution in [3.8, 4) is 0 Å². The number of aliphatic hydroxyl groups excluding tert-OH is 1. The van der Waals surface area contributed by atoms with Crippen molar-refractivity contribution in [2.75, 3.05) is 0 Å². The van der Waals surface area contributed by atoms with Gasteiger partial charge in [-0.2, -0.15) is 0 Å². The maximum absolute atomic E-state index is 12.1. The van der Waals surface area contributed by atoms with E-state index in [0.29, 0.717) is 0 Å². The van der Waals surface area contributed by atoms with E-state index >= 15 is 0 Å². The monoisotopic (exact) mass is 380 g/mol. The molecule has 0 radical (unpaired) electrons. The number of carbonyl (C=O) groups excluding carboxylic acids is 1. The Hall–Kier alpha value is -1.05. The summed E-state index contributed by atoms with van der Waals surface area (Å²) in [5.74, 6) is -2.36. The maximum Gasteiger partial charge on any atom is 0.407 e. The Labute approximate surface area is 156 Å². The Morgan fingerprint density at radius 3 is 2.20 bits per heavy atom. The SMILES string of the molecule is CCC(CC)[C@H](N)[C@H]1[C@H](O)[C@@H](C(=O)O)C[C@H]1NC(=O)OC(C)(C)C.Cl. The van der Waals surface area contributed by atoms with Gasteiger partial charge in [0.15, 0.2) is 0 Å². The van der Waals surface area contributed by atoms with Gasteiger partial charge in [0.05, 0.1) is 12.0 Å². The van der Waals surface area contributed by atoms with Gasteiger partial charge in [0.25, 0.3) is 0 Å². The van der Waals surface area contributed by atoms with Crippen LogP contribution in [-0.4, -0.2) is 46.1 Å². The van der Waals surface area contributed by atoms with E-state index in [4.69, 9.17) is 10.5 Å². The molecule has 0 aromatic carbocycles. The van der Waals surface area contributed by atoms with Gasteiger partial charge in [-0.25, -0.2) is 4.79 Å². The number of ether oxygens (including phenoxy) is 1. The first kappa shape index (κ1) is 23.9. The molecule has 8 heteroatoms. The number of aliphatic carboxylic acids is 1. The van der Waals surface area contributed by atoms with Gasteiger partial charge in [0.2, 0.25) is 0 Å². The van der Waals surface area contributed by atoms with E-state index in [2.05, 4.69) is 5.32 Å². The number of carboxylic acid groups (broad SMARTS) is 1. The van der Waals surface area contributed by atoms with Crippen molar-refractivity contribution >= 4 is 24.5 Å². The summed E-state index contributed by atoms with van der Waals surface area (Å²) in [6.07, 6.45) is 0.106. The molecule has 7 nitrogen and oxygen atoms in total. The summed E-state index contributed by atoms with van der Waals surface area (Å²) in [4.78, 5) is 23.5. The van der Waals surface area contributed by atoms with E-state index in [0.717, 1.165) is 12.8 Å². The predicted molar refractivity (Wildman–Crippen MR) is 97.7 cm³/mol. The Morgan fingerprint density at radius 2 is 1.80 bits per heavy atom. The van der Waals surface area contributed by atoms with Crippen molar-refractivity contribution in [2.45, 2.75) is 77.7 Å². The molecule has 5 N–H and O–H groups in total. The zero-order chi connectivity index (χ0) is 18.7. The van der Waals surface area contributed by atoms with E-state index in [1.54, 1.807) is 20.8 Å². The number of carboxylic acids is 1. The summed E-state index contributed by atoms with van der Waals surface area (Å²) in [5.41, 5.74) is 5.69. The van der Waals surface area contributed by atoms with E-state index in [-0.39, 0.29) is 30.8 Å². The number of aliphatic hydroxyl groups is 1. The molecular formula is C17H33ClN2O5. The lowest BCUT2D eigenvalue weighted by Gasteiger charge is -2.33. The Kier molecular flexibility index (Phi) is 9.19. The van der Waals surface area contributed by atoms with Crippen LogP contribution in [0.4, 0.5) is 4.79 Å². The lowest BCUT2D eigenvalue weighted by Crippen LogP contribution is -2.51. The highest BCUT2D eigenvalue weighted by Crippen LogP contribution is 2.37. The number of halogens is 1. The molecule has 0 saturated heterocycles. The average Bonchev–Trinajstić information content (AvgIpc) is 2.74. The molecule has 1 aliphatic carbocycles. The minimum absolute atomic E-state index is 0. The zero-order valence-electron chi connectivity index (χ0n) is 15.7.